The van der Waals surface area contributed by atoms with Crippen LogP contribution >= 0.6 is 35.3 Å². The molecule has 1 heterocycles. The molecule has 0 bridgehead atoms. The van der Waals surface area contributed by atoms with Gasteiger partial charge in [0.2, 0.25) is 11.8 Å². The van der Waals surface area contributed by atoms with Crippen LogP contribution in [-0.2, 0) is 14.4 Å². The van der Waals surface area contributed by atoms with Crippen molar-refractivity contribution >= 4 is 58.6 Å². The van der Waals surface area contributed by atoms with Crippen LogP contribution in [0.3, 0.4) is 0 Å². The molecule has 2 amide bonds. The van der Waals surface area contributed by atoms with E-state index in [1.165, 1.54) is 23.6 Å². The van der Waals surface area contributed by atoms with Gasteiger partial charge >= 0.3 is 0 Å². The summed E-state index contributed by atoms with van der Waals surface area (Å²) in [5.74, 6) is -0.756. The normalized spacial score (nSPS) is 14.6. The van der Waals surface area contributed by atoms with Crippen molar-refractivity contribution in [3.63, 3.8) is 0 Å². The van der Waals surface area contributed by atoms with Gasteiger partial charge in [-0.3, -0.25) is 9.59 Å². The molecule has 31 heavy (non-hydrogen) atoms. The Morgan fingerprint density at radius 3 is 2.52 bits per heavy atom. The van der Waals surface area contributed by atoms with Crippen molar-refractivity contribution in [3.05, 3.63) is 46.2 Å². The van der Waals surface area contributed by atoms with E-state index in [-0.39, 0.29) is 53.4 Å². The fraction of sp³-hybridized carbons (Fsp3) is 0.409. The quantitative estimate of drug-likeness (QED) is 0.488. The summed E-state index contributed by atoms with van der Waals surface area (Å²) in [6.07, 6.45) is 8.53. The van der Waals surface area contributed by atoms with Gasteiger partial charge in [-0.2, -0.15) is 0 Å². The minimum Gasteiger partial charge on any atom is -0.506 e. The van der Waals surface area contributed by atoms with Crippen LogP contribution in [0.2, 0.25) is 0 Å². The molecular formula is C22H28N2O4S3. The summed E-state index contributed by atoms with van der Waals surface area (Å²) in [7, 11) is 0. The van der Waals surface area contributed by atoms with Crippen LogP contribution in [0.15, 0.2) is 40.7 Å². The number of nitrogens with one attached hydrogen (secondary N) is 1. The molecule has 0 aromatic heterocycles. The van der Waals surface area contributed by atoms with Gasteiger partial charge in [-0.05, 0) is 55.5 Å². The van der Waals surface area contributed by atoms with Crippen molar-refractivity contribution in [2.45, 2.75) is 30.8 Å². The number of amides is 2. The van der Waals surface area contributed by atoms with E-state index in [2.05, 4.69) is 17.5 Å². The monoisotopic (exact) mass is 480 g/mol. The lowest BCUT2D eigenvalue weighted by Crippen LogP contribution is -2.41. The average molecular weight is 481 g/mol. The van der Waals surface area contributed by atoms with Crippen LogP contribution in [0.5, 0.6) is 5.75 Å². The Hall–Kier alpha value is -1.84. The maximum absolute atomic E-state index is 13.1. The Labute approximate surface area is 196 Å². The number of phenols is 1. The Balaban J connectivity index is 2.26. The van der Waals surface area contributed by atoms with Crippen LogP contribution in [-0.4, -0.2) is 52.4 Å². The third kappa shape index (κ3) is 7.08. The summed E-state index contributed by atoms with van der Waals surface area (Å²) in [4.78, 5) is 38.7. The Morgan fingerprint density at radius 1 is 1.19 bits per heavy atom. The smallest absolute Gasteiger partial charge is 0.246 e. The molecule has 9 heteroatoms. The number of carbonyl (C=O) groups is 3. The number of hydrogen-bond acceptors (Lipinski definition) is 7. The van der Waals surface area contributed by atoms with Gasteiger partial charge in [0.05, 0.1) is 22.9 Å². The van der Waals surface area contributed by atoms with Crippen LogP contribution in [0.4, 0.5) is 5.69 Å². The minimum absolute atomic E-state index is 0.00852. The highest BCUT2D eigenvalue weighted by atomic mass is 32.2. The molecule has 6 nitrogen and oxygen atoms in total. The summed E-state index contributed by atoms with van der Waals surface area (Å²) in [5.41, 5.74) is 1.19. The minimum atomic E-state index is -0.351. The average Bonchev–Trinajstić information content (AvgIpc) is 2.75. The molecule has 2 N–H and O–H groups in total. The number of ketones is 1. The van der Waals surface area contributed by atoms with Crippen molar-refractivity contribution in [2.75, 3.05) is 30.5 Å². The van der Waals surface area contributed by atoms with Gasteiger partial charge in [-0.25, -0.2) is 0 Å². The van der Waals surface area contributed by atoms with E-state index in [1.807, 2.05) is 30.9 Å². The van der Waals surface area contributed by atoms with Crippen molar-refractivity contribution in [3.8, 4) is 5.75 Å². The second kappa shape index (κ2) is 11.7. The van der Waals surface area contributed by atoms with Gasteiger partial charge in [-0.1, -0.05) is 12.1 Å². The molecule has 0 aliphatic carbocycles. The summed E-state index contributed by atoms with van der Waals surface area (Å²) >= 11 is 4.95. The number of anilines is 1. The Morgan fingerprint density at radius 2 is 1.90 bits per heavy atom. The number of para-hydroxylation sites is 1. The third-order valence-corrected chi connectivity index (χ3v) is 8.37. The fourth-order valence-corrected chi connectivity index (χ4v) is 5.86. The number of rotatable bonds is 10. The zero-order valence-corrected chi connectivity index (χ0v) is 20.6. The number of hydrogen-bond donors (Lipinski definition) is 2. The Bertz CT molecular complexity index is 874. The highest BCUT2D eigenvalue weighted by Gasteiger charge is 2.28. The van der Waals surface area contributed by atoms with Gasteiger partial charge in [0, 0.05) is 17.7 Å². The SMILES string of the molecule is CSC1(SC)C=CSC(CN(C(=O)CNC(=O)CCC(C)=O)c2c(C)cccc2O)=C1. The maximum atomic E-state index is 13.1. The number of benzene rings is 1. The number of phenolic OH excluding ortho intramolecular Hbond substituents is 1. The van der Waals surface area contributed by atoms with E-state index < -0.39 is 0 Å². The van der Waals surface area contributed by atoms with Crippen LogP contribution in [0.25, 0.3) is 0 Å². The topological polar surface area (TPSA) is 86.7 Å². The largest absolute Gasteiger partial charge is 0.506 e. The molecule has 1 aromatic rings. The highest BCUT2D eigenvalue weighted by molar-refractivity contribution is 8.18. The molecule has 1 aliphatic rings. The molecule has 0 saturated carbocycles. The molecule has 0 atom stereocenters. The highest BCUT2D eigenvalue weighted by Crippen LogP contribution is 2.44. The van der Waals surface area contributed by atoms with Crippen LogP contribution in [0, 0.1) is 6.92 Å². The Kier molecular flexibility index (Phi) is 9.58. The van der Waals surface area contributed by atoms with Gasteiger partial charge in [0.1, 0.15) is 11.5 Å². The second-order valence-electron chi connectivity index (χ2n) is 7.06. The van der Waals surface area contributed by atoms with Gasteiger partial charge < -0.3 is 20.1 Å². The lowest BCUT2D eigenvalue weighted by molar-refractivity contribution is -0.126. The number of carbonyl (C=O) groups excluding carboxylic acids is 3. The number of Topliss-reactive ketones (excluding diaryl/α,β-unsaturated/α-hetero) is 1. The van der Waals surface area contributed by atoms with Gasteiger partial charge in [0.25, 0.3) is 0 Å². The molecule has 1 aliphatic heterocycles. The van der Waals surface area contributed by atoms with Crippen molar-refractivity contribution < 1.29 is 19.5 Å². The van der Waals surface area contributed by atoms with Gasteiger partial charge in [0.15, 0.2) is 0 Å². The number of nitrogens with zero attached hydrogens (tertiary/aromatic N) is 1. The molecule has 0 radical (unpaired) electrons. The summed E-state index contributed by atoms with van der Waals surface area (Å²) in [6, 6.07) is 5.10. The third-order valence-electron chi connectivity index (χ3n) is 4.76. The fourth-order valence-electron chi connectivity index (χ4n) is 3.03. The maximum Gasteiger partial charge on any atom is 0.246 e. The lowest BCUT2D eigenvalue weighted by Gasteiger charge is -2.30. The van der Waals surface area contributed by atoms with E-state index in [9.17, 15) is 19.5 Å². The van der Waals surface area contributed by atoms with Crippen molar-refractivity contribution in [1.29, 1.82) is 0 Å². The zero-order valence-electron chi connectivity index (χ0n) is 18.1. The first-order valence-electron chi connectivity index (χ1n) is 9.73. The van der Waals surface area contributed by atoms with Crippen LogP contribution in [0.1, 0.15) is 25.3 Å². The summed E-state index contributed by atoms with van der Waals surface area (Å²) in [5, 5.41) is 15.1. The lowest BCUT2D eigenvalue weighted by atomic mass is 10.1. The van der Waals surface area contributed by atoms with Gasteiger partial charge in [-0.15, -0.1) is 35.3 Å². The molecule has 2 rings (SSSR count). The first-order chi connectivity index (χ1) is 14.7. The van der Waals surface area contributed by atoms with E-state index >= 15 is 0 Å². The van der Waals surface area contributed by atoms with E-state index in [0.717, 1.165) is 10.5 Å². The molecule has 0 fully saturated rings. The first-order valence-corrected chi connectivity index (χ1v) is 13.1. The van der Waals surface area contributed by atoms with Crippen molar-refractivity contribution in [2.24, 2.45) is 0 Å². The van der Waals surface area contributed by atoms with Crippen molar-refractivity contribution in [1.82, 2.24) is 5.32 Å². The molecule has 0 saturated heterocycles. The molecule has 1 aromatic carbocycles. The predicted octanol–water partition coefficient (Wildman–Crippen LogP) is 4.09. The second-order valence-corrected chi connectivity index (χ2v) is 10.5. The first kappa shape index (κ1) is 25.4. The summed E-state index contributed by atoms with van der Waals surface area (Å²) < 4.78 is -0.204. The standard InChI is InChI=1S/C22H28N2O4S3/c1-15-6-5-7-18(26)21(15)24(20(28)13-23-19(27)9-8-16(2)25)14-17-12-22(29-3,30-4)10-11-31-17/h5-7,10-12,26H,8-9,13-14H2,1-4H3,(H,23,27). The molecule has 0 spiro atoms. The van der Waals surface area contributed by atoms with E-state index in [0.29, 0.717) is 5.69 Å². The van der Waals surface area contributed by atoms with Crippen LogP contribution < -0.4 is 10.2 Å². The van der Waals surface area contributed by atoms with E-state index in [4.69, 9.17) is 0 Å². The summed E-state index contributed by atoms with van der Waals surface area (Å²) in [6.45, 7) is 3.32. The zero-order chi connectivity index (χ0) is 23.0. The van der Waals surface area contributed by atoms with E-state index in [1.54, 1.807) is 35.7 Å². The predicted molar refractivity (Wildman–Crippen MR) is 133 cm³/mol. The molecule has 0 unspecified atom stereocenters. The number of aromatic hydroxyl groups is 1. The number of aryl methyl sites for hydroxylation is 1. The number of thioether (sulfide) groups is 3. The molecule has 168 valence electrons. The molecular weight excluding hydrogens is 452 g/mol.